The second kappa shape index (κ2) is 7.72. The first-order valence-corrected chi connectivity index (χ1v) is 9.63. The molecule has 0 fully saturated rings. The molecule has 0 saturated heterocycles. The molecule has 8 heteroatoms. The van der Waals surface area contributed by atoms with Gasteiger partial charge in [-0.3, -0.25) is 4.90 Å². The monoisotopic (exact) mass is 409 g/mol. The molecule has 29 heavy (non-hydrogen) atoms. The van der Waals surface area contributed by atoms with Crippen molar-refractivity contribution in [3.05, 3.63) is 53.1 Å². The number of ether oxygens (including phenoxy) is 1. The Kier molecular flexibility index (Phi) is 5.65. The largest absolute Gasteiger partial charge is 0.444 e. The number of halogens is 3. The summed E-state index contributed by atoms with van der Waals surface area (Å²) >= 11 is 0. The Morgan fingerprint density at radius 1 is 1.17 bits per heavy atom. The molecule has 2 aromatic rings. The van der Waals surface area contributed by atoms with Gasteiger partial charge in [0.2, 0.25) is 0 Å². The van der Waals surface area contributed by atoms with Gasteiger partial charge in [-0.2, -0.15) is 13.2 Å². The zero-order valence-corrected chi connectivity index (χ0v) is 17.1. The van der Waals surface area contributed by atoms with Crippen molar-refractivity contribution < 1.29 is 22.7 Å². The number of carbonyl (C=O) groups is 1. The highest BCUT2D eigenvalue weighted by molar-refractivity contribution is 5.69. The minimum absolute atomic E-state index is 0.247. The topological polar surface area (TPSA) is 47.4 Å². The van der Waals surface area contributed by atoms with Crippen molar-refractivity contribution in [1.82, 2.24) is 14.5 Å². The summed E-state index contributed by atoms with van der Waals surface area (Å²) in [6.07, 6.45) is -1.87. The maximum Gasteiger partial charge on any atom is 0.416 e. The van der Waals surface area contributed by atoms with E-state index in [1.54, 1.807) is 11.2 Å². The first-order valence-electron chi connectivity index (χ1n) is 9.63. The molecule has 0 N–H and O–H groups in total. The van der Waals surface area contributed by atoms with Crippen molar-refractivity contribution in [2.45, 2.75) is 64.9 Å². The van der Waals surface area contributed by atoms with Gasteiger partial charge >= 0.3 is 12.3 Å². The number of rotatable bonds is 3. The van der Waals surface area contributed by atoms with Gasteiger partial charge in [0.25, 0.3) is 0 Å². The Hall–Kier alpha value is -2.51. The molecular formula is C21H26F3N3O2. The third-order valence-corrected chi connectivity index (χ3v) is 4.96. The first-order chi connectivity index (χ1) is 13.5. The molecule has 1 amide bonds. The SMILES string of the molecule is Cc1ncn2c1[C@H](CCc1ccc(C(F)(F)F)cc1)N(C(=O)OC(C)(C)C)CC2. The van der Waals surface area contributed by atoms with E-state index in [2.05, 4.69) is 4.98 Å². The Morgan fingerprint density at radius 3 is 2.41 bits per heavy atom. The van der Waals surface area contributed by atoms with Gasteiger partial charge in [-0.15, -0.1) is 0 Å². The van der Waals surface area contributed by atoms with Crippen LogP contribution in [0.1, 0.15) is 55.7 Å². The lowest BCUT2D eigenvalue weighted by atomic mass is 9.98. The maximum absolute atomic E-state index is 12.8. The summed E-state index contributed by atoms with van der Waals surface area (Å²) in [6, 6.07) is 4.93. The third-order valence-electron chi connectivity index (χ3n) is 4.96. The normalized spacial score (nSPS) is 17.2. The van der Waals surface area contributed by atoms with Crippen molar-refractivity contribution in [1.29, 1.82) is 0 Å². The summed E-state index contributed by atoms with van der Waals surface area (Å²) in [6.45, 7) is 8.49. The van der Waals surface area contributed by atoms with Crippen LogP contribution >= 0.6 is 0 Å². The van der Waals surface area contributed by atoms with E-state index in [1.807, 2.05) is 32.3 Å². The molecule has 0 saturated carbocycles. The number of fused-ring (bicyclic) bond motifs is 1. The highest BCUT2D eigenvalue weighted by atomic mass is 19.4. The van der Waals surface area contributed by atoms with Crippen LogP contribution in [0.4, 0.5) is 18.0 Å². The standard InChI is InChI=1S/C21H26F3N3O2/c1-14-18-17(10-7-15-5-8-16(9-6-15)21(22,23)24)27(12-11-26(18)13-25-14)19(28)29-20(2,3)4/h5-6,8-9,13,17H,7,10-12H2,1-4H3/t17-/m0/s1. The quantitative estimate of drug-likeness (QED) is 0.706. The highest BCUT2D eigenvalue weighted by Gasteiger charge is 2.35. The summed E-state index contributed by atoms with van der Waals surface area (Å²) in [5, 5.41) is 0. The number of amides is 1. The molecule has 1 aliphatic heterocycles. The van der Waals surface area contributed by atoms with E-state index in [0.29, 0.717) is 25.9 Å². The number of carbonyl (C=O) groups excluding carboxylic acids is 1. The van der Waals surface area contributed by atoms with Crippen molar-refractivity contribution in [3.63, 3.8) is 0 Å². The lowest BCUT2D eigenvalue weighted by molar-refractivity contribution is -0.137. The number of imidazole rings is 1. The van der Waals surface area contributed by atoms with Gasteiger partial charge < -0.3 is 9.30 Å². The smallest absolute Gasteiger partial charge is 0.416 e. The van der Waals surface area contributed by atoms with Crippen LogP contribution in [0, 0.1) is 6.92 Å². The van der Waals surface area contributed by atoms with Gasteiger partial charge in [-0.25, -0.2) is 9.78 Å². The fraction of sp³-hybridized carbons (Fsp3) is 0.524. The van der Waals surface area contributed by atoms with E-state index >= 15 is 0 Å². The summed E-state index contributed by atoms with van der Waals surface area (Å²) in [7, 11) is 0. The molecule has 0 radical (unpaired) electrons. The van der Waals surface area contributed by atoms with Crippen LogP contribution in [0.3, 0.4) is 0 Å². The van der Waals surface area contributed by atoms with Gasteiger partial charge in [0, 0.05) is 13.1 Å². The number of hydrogen-bond acceptors (Lipinski definition) is 3. The molecule has 1 aromatic carbocycles. The molecule has 1 atom stereocenters. The van der Waals surface area contributed by atoms with Gasteiger partial charge in [-0.05, 0) is 58.2 Å². The Labute approximate surface area is 168 Å². The molecular weight excluding hydrogens is 383 g/mol. The van der Waals surface area contributed by atoms with E-state index < -0.39 is 17.3 Å². The predicted octanol–water partition coefficient (Wildman–Crippen LogP) is 5.13. The zero-order valence-electron chi connectivity index (χ0n) is 17.1. The van der Waals surface area contributed by atoms with Crippen molar-refractivity contribution in [3.8, 4) is 0 Å². The summed E-state index contributed by atoms with van der Waals surface area (Å²) in [4.78, 5) is 18.9. The number of nitrogens with zero attached hydrogens (tertiary/aromatic N) is 3. The summed E-state index contributed by atoms with van der Waals surface area (Å²) in [5.41, 5.74) is 1.31. The van der Waals surface area contributed by atoms with E-state index in [0.717, 1.165) is 29.1 Å². The molecule has 0 spiro atoms. The third kappa shape index (κ3) is 4.92. The molecule has 5 nitrogen and oxygen atoms in total. The highest BCUT2D eigenvalue weighted by Crippen LogP contribution is 2.34. The molecule has 0 unspecified atom stereocenters. The second-order valence-corrected chi connectivity index (χ2v) is 8.33. The number of alkyl halides is 3. The van der Waals surface area contributed by atoms with Crippen LogP contribution in [0.15, 0.2) is 30.6 Å². The average molecular weight is 409 g/mol. The molecule has 0 aliphatic carbocycles. The number of aryl methyl sites for hydroxylation is 2. The van der Waals surface area contributed by atoms with Gasteiger partial charge in [0.05, 0.1) is 29.3 Å². The lowest BCUT2D eigenvalue weighted by Gasteiger charge is -2.38. The number of hydrogen-bond donors (Lipinski definition) is 0. The minimum atomic E-state index is -4.35. The second-order valence-electron chi connectivity index (χ2n) is 8.33. The molecule has 1 aromatic heterocycles. The molecule has 2 heterocycles. The maximum atomic E-state index is 12.8. The van der Waals surface area contributed by atoms with E-state index in [-0.39, 0.29) is 12.1 Å². The summed E-state index contributed by atoms with van der Waals surface area (Å²) in [5.74, 6) is 0. The van der Waals surface area contributed by atoms with Crippen molar-refractivity contribution >= 4 is 6.09 Å². The fourth-order valence-corrected chi connectivity index (χ4v) is 3.62. The number of benzene rings is 1. The zero-order chi connectivity index (χ0) is 21.4. The Morgan fingerprint density at radius 2 is 1.83 bits per heavy atom. The van der Waals surface area contributed by atoms with E-state index in [9.17, 15) is 18.0 Å². The van der Waals surface area contributed by atoms with Gasteiger partial charge in [0.1, 0.15) is 5.60 Å². The van der Waals surface area contributed by atoms with Gasteiger partial charge in [0.15, 0.2) is 0 Å². The predicted molar refractivity (Wildman–Crippen MR) is 102 cm³/mol. The molecule has 3 rings (SSSR count). The minimum Gasteiger partial charge on any atom is -0.444 e. The number of aromatic nitrogens is 2. The fourth-order valence-electron chi connectivity index (χ4n) is 3.62. The molecule has 0 bridgehead atoms. The van der Waals surface area contributed by atoms with Crippen LogP contribution in [0.5, 0.6) is 0 Å². The van der Waals surface area contributed by atoms with E-state index in [4.69, 9.17) is 4.74 Å². The van der Waals surface area contributed by atoms with Crippen LogP contribution in [-0.2, 0) is 23.9 Å². The van der Waals surface area contributed by atoms with Crippen LogP contribution < -0.4 is 0 Å². The average Bonchev–Trinajstić information content (AvgIpc) is 2.99. The van der Waals surface area contributed by atoms with Crippen molar-refractivity contribution in [2.75, 3.05) is 6.54 Å². The van der Waals surface area contributed by atoms with Crippen LogP contribution in [0.2, 0.25) is 0 Å². The first kappa shape index (κ1) is 21.2. The van der Waals surface area contributed by atoms with Crippen molar-refractivity contribution in [2.24, 2.45) is 0 Å². The Bertz CT molecular complexity index is 867. The van der Waals surface area contributed by atoms with E-state index in [1.165, 1.54) is 12.1 Å². The van der Waals surface area contributed by atoms with Crippen LogP contribution in [-0.4, -0.2) is 32.7 Å². The molecule has 158 valence electrons. The Balaban J connectivity index is 1.80. The summed E-state index contributed by atoms with van der Waals surface area (Å²) < 4.78 is 45.9. The molecule has 1 aliphatic rings. The lowest BCUT2D eigenvalue weighted by Crippen LogP contribution is -2.44. The van der Waals surface area contributed by atoms with Gasteiger partial charge in [-0.1, -0.05) is 12.1 Å². The van der Waals surface area contributed by atoms with Crippen LogP contribution in [0.25, 0.3) is 0 Å².